The number of carbonyl (C=O) groups excluding carboxylic acids is 1. The first-order valence-electron chi connectivity index (χ1n) is 7.79. The van der Waals surface area contributed by atoms with E-state index in [2.05, 4.69) is 4.98 Å². The van der Waals surface area contributed by atoms with Gasteiger partial charge in [-0.3, -0.25) is 0 Å². The molecule has 0 saturated carbocycles. The summed E-state index contributed by atoms with van der Waals surface area (Å²) in [6, 6.07) is 9.63. The van der Waals surface area contributed by atoms with E-state index in [-0.39, 0.29) is 11.1 Å². The van der Waals surface area contributed by atoms with Crippen molar-refractivity contribution in [2.45, 2.75) is 19.6 Å². The summed E-state index contributed by atoms with van der Waals surface area (Å²) in [6.45, 7) is 1.82. The second kappa shape index (κ2) is 8.05. The lowest BCUT2D eigenvalue weighted by molar-refractivity contribution is 0.0330. The predicted octanol–water partition coefficient (Wildman–Crippen LogP) is 4.92. The molecule has 134 valence electrons. The van der Waals surface area contributed by atoms with Crippen LogP contribution in [0.3, 0.4) is 0 Å². The van der Waals surface area contributed by atoms with Crippen LogP contribution in [-0.2, 0) is 11.3 Å². The molecule has 7 heteroatoms. The minimum absolute atomic E-state index is 0.107. The lowest BCUT2D eigenvalue weighted by Crippen LogP contribution is -2.11. The van der Waals surface area contributed by atoms with Gasteiger partial charge in [-0.25, -0.2) is 18.6 Å². The molecule has 0 fully saturated rings. The number of hydrogen-bond acceptors (Lipinski definition) is 5. The van der Waals surface area contributed by atoms with E-state index in [4.69, 9.17) is 9.47 Å². The normalized spacial score (nSPS) is 11.8. The molecule has 4 nitrogen and oxygen atoms in total. The van der Waals surface area contributed by atoms with Crippen molar-refractivity contribution in [3.05, 3.63) is 81.8 Å². The van der Waals surface area contributed by atoms with Gasteiger partial charge in [0.05, 0.1) is 16.8 Å². The van der Waals surface area contributed by atoms with Gasteiger partial charge in [0.1, 0.15) is 30.1 Å². The number of rotatable bonds is 6. The van der Waals surface area contributed by atoms with Crippen LogP contribution in [0.1, 0.15) is 34.6 Å². The second-order valence-corrected chi connectivity index (χ2v) is 6.23. The number of benzene rings is 2. The third-order valence-corrected chi connectivity index (χ3v) is 4.26. The van der Waals surface area contributed by atoms with E-state index < -0.39 is 23.7 Å². The van der Waals surface area contributed by atoms with Crippen molar-refractivity contribution in [3.63, 3.8) is 0 Å². The minimum Gasteiger partial charge on any atom is -0.487 e. The van der Waals surface area contributed by atoms with E-state index >= 15 is 0 Å². The van der Waals surface area contributed by atoms with E-state index in [1.807, 2.05) is 5.38 Å². The highest BCUT2D eigenvalue weighted by Gasteiger charge is 2.18. The Morgan fingerprint density at radius 1 is 1.23 bits per heavy atom. The number of esters is 1. The van der Waals surface area contributed by atoms with E-state index in [1.165, 1.54) is 24.3 Å². The molecule has 3 aromatic rings. The monoisotopic (exact) mass is 375 g/mol. The van der Waals surface area contributed by atoms with Crippen LogP contribution in [0.25, 0.3) is 0 Å². The van der Waals surface area contributed by atoms with Crippen molar-refractivity contribution < 1.29 is 23.0 Å². The summed E-state index contributed by atoms with van der Waals surface area (Å²) in [5.74, 6) is -1.58. The fourth-order valence-corrected chi connectivity index (χ4v) is 2.85. The molecule has 0 aliphatic carbocycles. The van der Waals surface area contributed by atoms with E-state index in [1.54, 1.807) is 29.8 Å². The Morgan fingerprint density at radius 3 is 2.81 bits per heavy atom. The summed E-state index contributed by atoms with van der Waals surface area (Å²) in [4.78, 5) is 16.4. The summed E-state index contributed by atoms with van der Waals surface area (Å²) in [7, 11) is 0. The van der Waals surface area contributed by atoms with E-state index in [0.717, 1.165) is 17.8 Å². The highest BCUT2D eigenvalue weighted by Crippen LogP contribution is 2.23. The van der Waals surface area contributed by atoms with Crippen molar-refractivity contribution in [3.8, 4) is 5.75 Å². The van der Waals surface area contributed by atoms with Gasteiger partial charge in [0.25, 0.3) is 0 Å². The van der Waals surface area contributed by atoms with Gasteiger partial charge >= 0.3 is 5.97 Å². The second-order valence-electron chi connectivity index (χ2n) is 5.51. The van der Waals surface area contributed by atoms with Gasteiger partial charge in [-0.2, -0.15) is 0 Å². The first kappa shape index (κ1) is 18.0. The average Bonchev–Trinajstić information content (AvgIpc) is 3.13. The summed E-state index contributed by atoms with van der Waals surface area (Å²) < 4.78 is 37.7. The molecule has 0 aliphatic heterocycles. The van der Waals surface area contributed by atoms with E-state index in [0.29, 0.717) is 12.4 Å². The molecule has 1 aromatic heterocycles. The maximum absolute atomic E-state index is 13.8. The molecule has 1 unspecified atom stereocenters. The molecule has 0 bridgehead atoms. The molecular weight excluding hydrogens is 360 g/mol. The predicted molar refractivity (Wildman–Crippen MR) is 93.1 cm³/mol. The van der Waals surface area contributed by atoms with E-state index in [9.17, 15) is 13.6 Å². The van der Waals surface area contributed by atoms with Crippen LogP contribution in [0.15, 0.2) is 53.4 Å². The number of nitrogens with zero attached hydrogens (tertiary/aromatic N) is 1. The number of halogens is 2. The van der Waals surface area contributed by atoms with Gasteiger partial charge < -0.3 is 9.47 Å². The van der Waals surface area contributed by atoms with Crippen molar-refractivity contribution in [2.75, 3.05) is 0 Å². The quantitative estimate of drug-likeness (QED) is 0.574. The summed E-state index contributed by atoms with van der Waals surface area (Å²) in [5, 5.41) is 1.87. The number of aromatic nitrogens is 1. The van der Waals surface area contributed by atoms with Crippen LogP contribution in [0.2, 0.25) is 0 Å². The third-order valence-electron chi connectivity index (χ3n) is 3.62. The largest absolute Gasteiger partial charge is 0.487 e. The summed E-state index contributed by atoms with van der Waals surface area (Å²) >= 11 is 1.47. The molecule has 3 rings (SSSR count). The third kappa shape index (κ3) is 4.43. The standard InChI is InChI=1S/C19H15F2NO3S/c1-12(17-6-5-14(20)8-18(17)21)25-19(23)13-3-2-4-16(7-13)24-9-15-10-26-11-22-15/h2-8,10-12H,9H2,1H3. The maximum Gasteiger partial charge on any atom is 0.338 e. The van der Waals surface area contributed by atoms with Crippen LogP contribution in [0.5, 0.6) is 5.75 Å². The topological polar surface area (TPSA) is 48.4 Å². The number of carbonyl (C=O) groups is 1. The fourth-order valence-electron chi connectivity index (χ4n) is 2.30. The Hall–Kier alpha value is -2.80. The Bertz CT molecular complexity index is 900. The highest BCUT2D eigenvalue weighted by molar-refractivity contribution is 7.07. The molecule has 1 atom stereocenters. The zero-order valence-electron chi connectivity index (χ0n) is 13.8. The van der Waals surface area contributed by atoms with Gasteiger partial charge in [-0.05, 0) is 37.3 Å². The molecule has 0 aliphatic rings. The van der Waals surface area contributed by atoms with Crippen molar-refractivity contribution in [1.82, 2.24) is 4.98 Å². The van der Waals surface area contributed by atoms with Crippen LogP contribution >= 0.6 is 11.3 Å². The zero-order valence-corrected chi connectivity index (χ0v) is 14.6. The molecule has 1 heterocycles. The van der Waals surface area contributed by atoms with Crippen LogP contribution < -0.4 is 4.74 Å². The lowest BCUT2D eigenvalue weighted by atomic mass is 10.1. The zero-order chi connectivity index (χ0) is 18.5. The molecular formula is C19H15F2NO3S. The first-order chi connectivity index (χ1) is 12.5. The Balaban J connectivity index is 1.66. The number of thiazole rings is 1. The van der Waals surface area contributed by atoms with Gasteiger partial charge in [0.2, 0.25) is 0 Å². The maximum atomic E-state index is 13.8. The fraction of sp³-hybridized carbons (Fsp3) is 0.158. The summed E-state index contributed by atoms with van der Waals surface area (Å²) in [6.07, 6.45) is -0.859. The highest BCUT2D eigenvalue weighted by atomic mass is 32.1. The van der Waals surface area contributed by atoms with Gasteiger partial charge in [0, 0.05) is 17.0 Å². The van der Waals surface area contributed by atoms with Gasteiger partial charge in [-0.15, -0.1) is 11.3 Å². The Labute approximate surface area is 153 Å². The number of ether oxygens (including phenoxy) is 2. The summed E-state index contributed by atoms with van der Waals surface area (Å²) in [5.41, 5.74) is 2.89. The van der Waals surface area contributed by atoms with Crippen molar-refractivity contribution >= 4 is 17.3 Å². The average molecular weight is 375 g/mol. The van der Waals surface area contributed by atoms with Crippen LogP contribution in [0, 0.1) is 11.6 Å². The van der Waals surface area contributed by atoms with Crippen molar-refractivity contribution in [1.29, 1.82) is 0 Å². The Morgan fingerprint density at radius 2 is 2.08 bits per heavy atom. The number of hydrogen-bond donors (Lipinski definition) is 0. The molecule has 0 radical (unpaired) electrons. The Kier molecular flexibility index (Phi) is 5.58. The molecule has 26 heavy (non-hydrogen) atoms. The molecule has 0 saturated heterocycles. The van der Waals surface area contributed by atoms with Crippen molar-refractivity contribution in [2.24, 2.45) is 0 Å². The lowest BCUT2D eigenvalue weighted by Gasteiger charge is -2.15. The minimum atomic E-state index is -0.859. The van der Waals surface area contributed by atoms with Crippen LogP contribution in [-0.4, -0.2) is 11.0 Å². The van der Waals surface area contributed by atoms with Crippen LogP contribution in [0.4, 0.5) is 8.78 Å². The molecule has 0 N–H and O–H groups in total. The molecule has 0 amide bonds. The molecule has 0 spiro atoms. The van der Waals surface area contributed by atoms with Gasteiger partial charge in [0.15, 0.2) is 0 Å². The smallest absolute Gasteiger partial charge is 0.338 e. The first-order valence-corrected chi connectivity index (χ1v) is 8.73. The van der Waals surface area contributed by atoms with Gasteiger partial charge in [-0.1, -0.05) is 6.07 Å². The SMILES string of the molecule is CC(OC(=O)c1cccc(OCc2cscn2)c1)c1ccc(F)cc1F. The molecule has 2 aromatic carbocycles.